The number of H-pyrrole nitrogens is 1. The van der Waals surface area contributed by atoms with Gasteiger partial charge < -0.3 is 5.32 Å². The van der Waals surface area contributed by atoms with Gasteiger partial charge in [-0.05, 0) is 37.3 Å². The van der Waals surface area contributed by atoms with E-state index in [2.05, 4.69) is 52.5 Å². The van der Waals surface area contributed by atoms with Gasteiger partial charge in [-0.3, -0.25) is 9.89 Å². The molecule has 1 amide bonds. The first-order valence-electron chi connectivity index (χ1n) is 7.93. The third-order valence-corrected chi connectivity index (χ3v) is 5.05. The number of amides is 1. The lowest BCUT2D eigenvalue weighted by atomic mass is 10.0. The average Bonchev–Trinajstić information content (AvgIpc) is 3.04. The van der Waals surface area contributed by atoms with Crippen molar-refractivity contribution in [2.75, 3.05) is 5.75 Å². The molecule has 3 rings (SSSR count). The number of fused-ring (bicyclic) bond motifs is 1. The first-order chi connectivity index (χ1) is 11.0. The van der Waals surface area contributed by atoms with Gasteiger partial charge in [0.15, 0.2) is 0 Å². The summed E-state index contributed by atoms with van der Waals surface area (Å²) < 4.78 is 0. The van der Waals surface area contributed by atoms with Gasteiger partial charge in [-0.2, -0.15) is 0 Å². The minimum atomic E-state index is 0.0935. The predicted molar refractivity (Wildman–Crippen MR) is 91.4 cm³/mol. The Balaban J connectivity index is 1.55. The Morgan fingerprint density at radius 1 is 1.43 bits per heavy atom. The predicted octanol–water partition coefficient (Wildman–Crippen LogP) is 2.95. The maximum Gasteiger partial charge on any atom is 0.221 e. The van der Waals surface area contributed by atoms with Crippen molar-refractivity contribution in [1.29, 1.82) is 0 Å². The number of aromatic nitrogens is 3. The molecular weight excluding hydrogens is 308 g/mol. The molecule has 1 aliphatic carbocycles. The molecule has 2 aromatic rings. The number of aromatic amines is 1. The minimum absolute atomic E-state index is 0.0935. The normalized spacial score (nSPS) is 19.6. The van der Waals surface area contributed by atoms with Crippen LogP contribution in [0.1, 0.15) is 41.9 Å². The summed E-state index contributed by atoms with van der Waals surface area (Å²) in [5.41, 5.74) is 3.88. The summed E-state index contributed by atoms with van der Waals surface area (Å²) in [6.45, 7) is 6.16. The lowest BCUT2D eigenvalue weighted by molar-refractivity contribution is -0.121. The number of benzene rings is 1. The monoisotopic (exact) mass is 330 g/mol. The Morgan fingerprint density at radius 2 is 2.26 bits per heavy atom. The van der Waals surface area contributed by atoms with E-state index in [1.54, 1.807) is 0 Å². The van der Waals surface area contributed by atoms with Crippen molar-refractivity contribution < 1.29 is 4.79 Å². The van der Waals surface area contributed by atoms with Crippen LogP contribution in [0.15, 0.2) is 23.4 Å². The minimum Gasteiger partial charge on any atom is -0.349 e. The molecule has 5 nitrogen and oxygen atoms in total. The Bertz CT molecular complexity index is 712. The molecule has 0 unspecified atom stereocenters. The molecule has 0 radical (unpaired) electrons. The zero-order valence-electron chi connectivity index (χ0n) is 13.7. The third kappa shape index (κ3) is 3.75. The van der Waals surface area contributed by atoms with Gasteiger partial charge in [0.05, 0.1) is 6.04 Å². The summed E-state index contributed by atoms with van der Waals surface area (Å²) >= 11 is 1.50. The van der Waals surface area contributed by atoms with Crippen LogP contribution >= 0.6 is 11.8 Å². The molecule has 0 aliphatic heterocycles. The van der Waals surface area contributed by atoms with Crippen LogP contribution in [0.25, 0.3) is 0 Å². The first kappa shape index (κ1) is 16.1. The van der Waals surface area contributed by atoms with E-state index in [1.807, 2.05) is 6.92 Å². The first-order valence-corrected chi connectivity index (χ1v) is 8.92. The number of rotatable bonds is 5. The van der Waals surface area contributed by atoms with E-state index in [9.17, 15) is 4.79 Å². The molecule has 0 spiro atoms. The summed E-state index contributed by atoms with van der Waals surface area (Å²) in [7, 11) is 0. The highest BCUT2D eigenvalue weighted by atomic mass is 32.2. The molecule has 2 N–H and O–H groups in total. The molecule has 1 aromatic heterocycles. The van der Waals surface area contributed by atoms with Gasteiger partial charge in [-0.25, -0.2) is 4.98 Å². The molecule has 0 saturated heterocycles. The van der Waals surface area contributed by atoms with Crippen LogP contribution < -0.4 is 5.32 Å². The average molecular weight is 330 g/mol. The highest BCUT2D eigenvalue weighted by Gasteiger charge is 2.30. The Morgan fingerprint density at radius 3 is 3.00 bits per heavy atom. The lowest BCUT2D eigenvalue weighted by Crippen LogP contribution is -2.30. The number of nitrogens with one attached hydrogen (secondary N) is 2. The molecule has 122 valence electrons. The van der Waals surface area contributed by atoms with Crippen LogP contribution in [0.2, 0.25) is 0 Å². The Labute approximate surface area is 140 Å². The number of hydrogen-bond acceptors (Lipinski definition) is 4. The Hall–Kier alpha value is -1.82. The van der Waals surface area contributed by atoms with Gasteiger partial charge in [-0.1, -0.05) is 42.4 Å². The standard InChI is InChI=1S/C17H22N4OS/c1-10-4-5-13-9-11(2)16(14(13)8-10)19-15(22)6-7-23-17-18-12(3)20-21-17/h4-5,8,11,16H,6-7,9H2,1-3H3,(H,19,22)(H,18,20,21)/t11-,16+/m0/s1. The highest BCUT2D eigenvalue weighted by Crippen LogP contribution is 2.36. The van der Waals surface area contributed by atoms with Gasteiger partial charge in [0, 0.05) is 12.2 Å². The number of aryl methyl sites for hydroxylation is 2. The van der Waals surface area contributed by atoms with E-state index in [-0.39, 0.29) is 11.9 Å². The molecule has 2 atom stereocenters. The number of thioether (sulfide) groups is 1. The number of hydrogen-bond donors (Lipinski definition) is 2. The smallest absolute Gasteiger partial charge is 0.221 e. The van der Waals surface area contributed by atoms with Crippen LogP contribution in [0, 0.1) is 19.8 Å². The van der Waals surface area contributed by atoms with Crippen LogP contribution in [-0.4, -0.2) is 26.8 Å². The van der Waals surface area contributed by atoms with Crippen molar-refractivity contribution in [2.24, 2.45) is 5.92 Å². The summed E-state index contributed by atoms with van der Waals surface area (Å²) in [4.78, 5) is 16.5. The topological polar surface area (TPSA) is 70.7 Å². The second-order valence-electron chi connectivity index (χ2n) is 6.23. The second-order valence-corrected chi connectivity index (χ2v) is 7.29. The second kappa shape index (κ2) is 6.74. The van der Waals surface area contributed by atoms with Crippen molar-refractivity contribution in [3.63, 3.8) is 0 Å². The molecule has 0 fully saturated rings. The molecule has 1 aromatic carbocycles. The Kier molecular flexibility index (Phi) is 4.71. The van der Waals surface area contributed by atoms with Gasteiger partial charge in [0.2, 0.25) is 11.1 Å². The van der Waals surface area contributed by atoms with Gasteiger partial charge in [-0.15, -0.1) is 5.10 Å². The number of nitrogens with zero attached hydrogens (tertiary/aromatic N) is 2. The van der Waals surface area contributed by atoms with Gasteiger partial charge >= 0.3 is 0 Å². The molecule has 1 aliphatic rings. The fourth-order valence-electron chi connectivity index (χ4n) is 3.05. The molecular formula is C17H22N4OS. The molecule has 23 heavy (non-hydrogen) atoms. The summed E-state index contributed by atoms with van der Waals surface area (Å²) in [6.07, 6.45) is 1.51. The maximum absolute atomic E-state index is 12.3. The van der Waals surface area contributed by atoms with Crippen molar-refractivity contribution in [2.45, 2.75) is 44.8 Å². The maximum atomic E-state index is 12.3. The number of carbonyl (C=O) groups is 1. The highest BCUT2D eigenvalue weighted by molar-refractivity contribution is 7.99. The van der Waals surface area contributed by atoms with E-state index in [4.69, 9.17) is 0 Å². The van der Waals surface area contributed by atoms with E-state index in [0.29, 0.717) is 23.2 Å². The van der Waals surface area contributed by atoms with Crippen molar-refractivity contribution in [3.8, 4) is 0 Å². The fraction of sp³-hybridized carbons (Fsp3) is 0.471. The zero-order valence-corrected chi connectivity index (χ0v) is 14.5. The van der Waals surface area contributed by atoms with E-state index in [0.717, 1.165) is 12.2 Å². The van der Waals surface area contributed by atoms with Crippen LogP contribution in [-0.2, 0) is 11.2 Å². The largest absolute Gasteiger partial charge is 0.349 e. The quantitative estimate of drug-likeness (QED) is 0.827. The molecule has 1 heterocycles. The van der Waals surface area contributed by atoms with E-state index in [1.165, 1.54) is 28.5 Å². The van der Waals surface area contributed by atoms with Gasteiger partial charge in [0.25, 0.3) is 0 Å². The molecule has 0 bridgehead atoms. The van der Waals surface area contributed by atoms with Gasteiger partial charge in [0.1, 0.15) is 5.82 Å². The van der Waals surface area contributed by atoms with E-state index >= 15 is 0 Å². The summed E-state index contributed by atoms with van der Waals surface area (Å²) in [5, 5.41) is 10.8. The van der Waals surface area contributed by atoms with E-state index < -0.39 is 0 Å². The fourth-order valence-corrected chi connectivity index (χ4v) is 3.83. The lowest BCUT2D eigenvalue weighted by Gasteiger charge is -2.19. The van der Waals surface area contributed by atoms with Crippen molar-refractivity contribution in [1.82, 2.24) is 20.5 Å². The molecule has 6 heteroatoms. The molecule has 0 saturated carbocycles. The zero-order chi connectivity index (χ0) is 16.4. The number of carbonyl (C=O) groups excluding carboxylic acids is 1. The third-order valence-electron chi connectivity index (χ3n) is 4.20. The van der Waals surface area contributed by atoms with Crippen LogP contribution in [0.4, 0.5) is 0 Å². The summed E-state index contributed by atoms with van der Waals surface area (Å²) in [5.74, 6) is 2.02. The van der Waals surface area contributed by atoms with Crippen molar-refractivity contribution >= 4 is 17.7 Å². The summed E-state index contributed by atoms with van der Waals surface area (Å²) in [6, 6.07) is 6.67. The van der Waals surface area contributed by atoms with Crippen LogP contribution in [0.5, 0.6) is 0 Å². The SMILES string of the molecule is Cc1ccc2c(c1)[C@H](NC(=O)CCSc1n[nH]c(C)n1)[C@@H](C)C2. The van der Waals surface area contributed by atoms with Crippen LogP contribution in [0.3, 0.4) is 0 Å². The van der Waals surface area contributed by atoms with Crippen molar-refractivity contribution in [3.05, 3.63) is 40.7 Å².